The van der Waals surface area contributed by atoms with Gasteiger partial charge in [0.2, 0.25) is 0 Å². The van der Waals surface area contributed by atoms with Gasteiger partial charge in [-0.05, 0) is 37.3 Å². The molecule has 1 nitrogen and oxygen atoms in total. The minimum Gasteiger partial charge on any atom is -0.324 e. The third-order valence-electron chi connectivity index (χ3n) is 3.65. The molecule has 1 atom stereocenters. The van der Waals surface area contributed by atoms with Crippen LogP contribution >= 0.6 is 0 Å². The van der Waals surface area contributed by atoms with Gasteiger partial charge < -0.3 is 5.73 Å². The highest BCUT2D eigenvalue weighted by atomic mass is 14.6. The summed E-state index contributed by atoms with van der Waals surface area (Å²) in [6.45, 7) is 4.30. The van der Waals surface area contributed by atoms with Crippen LogP contribution in [0.15, 0.2) is 18.2 Å². The number of benzene rings is 1. The maximum absolute atomic E-state index is 6.28. The highest BCUT2D eigenvalue weighted by molar-refractivity contribution is 5.32. The summed E-state index contributed by atoms with van der Waals surface area (Å²) >= 11 is 0. The van der Waals surface area contributed by atoms with Crippen LogP contribution in [0.2, 0.25) is 0 Å². The standard InChI is InChI=1S/C14H21N/c1-10-6-7-11(2)13(8-10)14(15)9-12-4-3-5-12/h6-8,12,14H,3-5,9,15H2,1-2H3. The Bertz CT molecular complexity index is 339. The third kappa shape index (κ3) is 2.40. The summed E-state index contributed by atoms with van der Waals surface area (Å²) in [7, 11) is 0. The Morgan fingerprint density at radius 3 is 2.67 bits per heavy atom. The molecule has 2 rings (SSSR count). The second-order valence-corrected chi connectivity index (χ2v) is 5.00. The van der Waals surface area contributed by atoms with Gasteiger partial charge in [0, 0.05) is 6.04 Å². The molecule has 0 radical (unpaired) electrons. The quantitative estimate of drug-likeness (QED) is 0.799. The Labute approximate surface area is 92.7 Å². The van der Waals surface area contributed by atoms with Crippen LogP contribution in [-0.2, 0) is 0 Å². The van der Waals surface area contributed by atoms with Gasteiger partial charge in [-0.3, -0.25) is 0 Å². The van der Waals surface area contributed by atoms with E-state index in [-0.39, 0.29) is 6.04 Å². The van der Waals surface area contributed by atoms with Gasteiger partial charge >= 0.3 is 0 Å². The highest BCUT2D eigenvalue weighted by Crippen LogP contribution is 2.34. The molecule has 1 aliphatic carbocycles. The SMILES string of the molecule is Cc1ccc(C)c(C(N)CC2CCC2)c1. The predicted octanol–water partition coefficient (Wildman–Crippen LogP) is 3.49. The number of hydrogen-bond donors (Lipinski definition) is 1. The number of rotatable bonds is 3. The van der Waals surface area contributed by atoms with E-state index in [0.717, 1.165) is 5.92 Å². The zero-order valence-corrected chi connectivity index (χ0v) is 9.79. The molecule has 0 aliphatic heterocycles. The van der Waals surface area contributed by atoms with Crippen LogP contribution in [0.3, 0.4) is 0 Å². The molecular formula is C14H21N. The van der Waals surface area contributed by atoms with E-state index in [4.69, 9.17) is 5.73 Å². The Balaban J connectivity index is 2.09. The lowest BCUT2D eigenvalue weighted by Crippen LogP contribution is -2.20. The molecule has 1 aromatic rings. The number of hydrogen-bond acceptors (Lipinski definition) is 1. The molecule has 0 amide bonds. The van der Waals surface area contributed by atoms with E-state index >= 15 is 0 Å². The summed E-state index contributed by atoms with van der Waals surface area (Å²) in [4.78, 5) is 0. The summed E-state index contributed by atoms with van der Waals surface area (Å²) in [5.41, 5.74) is 10.3. The molecule has 0 heterocycles. The van der Waals surface area contributed by atoms with Gasteiger partial charge in [0.25, 0.3) is 0 Å². The normalized spacial score (nSPS) is 18.6. The van der Waals surface area contributed by atoms with Gasteiger partial charge in [0.05, 0.1) is 0 Å². The van der Waals surface area contributed by atoms with Crippen LogP contribution in [-0.4, -0.2) is 0 Å². The Morgan fingerprint density at radius 2 is 2.07 bits per heavy atom. The lowest BCUT2D eigenvalue weighted by atomic mass is 9.79. The summed E-state index contributed by atoms with van der Waals surface area (Å²) < 4.78 is 0. The molecule has 1 aromatic carbocycles. The van der Waals surface area contributed by atoms with Crippen molar-refractivity contribution < 1.29 is 0 Å². The second-order valence-electron chi connectivity index (χ2n) is 5.00. The molecule has 2 N–H and O–H groups in total. The van der Waals surface area contributed by atoms with Crippen molar-refractivity contribution in [2.24, 2.45) is 11.7 Å². The van der Waals surface area contributed by atoms with Crippen molar-refractivity contribution in [1.82, 2.24) is 0 Å². The van der Waals surface area contributed by atoms with Crippen molar-refractivity contribution in [3.05, 3.63) is 34.9 Å². The maximum Gasteiger partial charge on any atom is 0.0300 e. The lowest BCUT2D eigenvalue weighted by molar-refractivity contribution is 0.277. The molecule has 1 unspecified atom stereocenters. The van der Waals surface area contributed by atoms with E-state index in [1.165, 1.54) is 42.4 Å². The van der Waals surface area contributed by atoms with Crippen molar-refractivity contribution in [3.8, 4) is 0 Å². The molecule has 82 valence electrons. The summed E-state index contributed by atoms with van der Waals surface area (Å²) in [5, 5.41) is 0. The molecule has 1 aliphatic rings. The van der Waals surface area contributed by atoms with Crippen molar-refractivity contribution in [2.45, 2.75) is 45.6 Å². The highest BCUT2D eigenvalue weighted by Gasteiger charge is 2.21. The minimum absolute atomic E-state index is 0.246. The van der Waals surface area contributed by atoms with Crippen LogP contribution in [0.25, 0.3) is 0 Å². The molecule has 0 saturated heterocycles. The first-order valence-electron chi connectivity index (χ1n) is 5.99. The first-order valence-corrected chi connectivity index (χ1v) is 5.99. The zero-order chi connectivity index (χ0) is 10.8. The fourth-order valence-electron chi connectivity index (χ4n) is 2.37. The largest absolute Gasteiger partial charge is 0.324 e. The van der Waals surface area contributed by atoms with Gasteiger partial charge in [-0.2, -0.15) is 0 Å². The molecular weight excluding hydrogens is 182 g/mol. The first kappa shape index (κ1) is 10.7. The van der Waals surface area contributed by atoms with Crippen molar-refractivity contribution >= 4 is 0 Å². The number of nitrogens with two attached hydrogens (primary N) is 1. The first-order chi connectivity index (χ1) is 7.16. The van der Waals surface area contributed by atoms with E-state index < -0.39 is 0 Å². The van der Waals surface area contributed by atoms with Gasteiger partial charge in [0.15, 0.2) is 0 Å². The molecule has 1 saturated carbocycles. The monoisotopic (exact) mass is 203 g/mol. The third-order valence-corrected chi connectivity index (χ3v) is 3.65. The van der Waals surface area contributed by atoms with Gasteiger partial charge in [-0.15, -0.1) is 0 Å². The second kappa shape index (κ2) is 4.36. The van der Waals surface area contributed by atoms with Crippen molar-refractivity contribution in [2.75, 3.05) is 0 Å². The molecule has 0 spiro atoms. The molecule has 1 heteroatoms. The van der Waals surface area contributed by atoms with Crippen LogP contribution in [0.5, 0.6) is 0 Å². The smallest absolute Gasteiger partial charge is 0.0300 e. The number of aryl methyl sites for hydroxylation is 2. The fraction of sp³-hybridized carbons (Fsp3) is 0.571. The Hall–Kier alpha value is -0.820. The van der Waals surface area contributed by atoms with Crippen LogP contribution in [0.4, 0.5) is 0 Å². The zero-order valence-electron chi connectivity index (χ0n) is 9.79. The van der Waals surface area contributed by atoms with Crippen LogP contribution in [0.1, 0.15) is 48.4 Å². The summed E-state index contributed by atoms with van der Waals surface area (Å²) in [6, 6.07) is 6.84. The topological polar surface area (TPSA) is 26.0 Å². The molecule has 0 aromatic heterocycles. The Kier molecular flexibility index (Phi) is 3.11. The van der Waals surface area contributed by atoms with E-state index in [1.54, 1.807) is 0 Å². The minimum atomic E-state index is 0.246. The lowest BCUT2D eigenvalue weighted by Gasteiger charge is -2.28. The molecule has 1 fully saturated rings. The van der Waals surface area contributed by atoms with Gasteiger partial charge in [0.1, 0.15) is 0 Å². The van der Waals surface area contributed by atoms with Gasteiger partial charge in [-0.25, -0.2) is 0 Å². The van der Waals surface area contributed by atoms with Gasteiger partial charge in [-0.1, -0.05) is 43.0 Å². The molecule has 15 heavy (non-hydrogen) atoms. The Morgan fingerprint density at radius 1 is 1.33 bits per heavy atom. The van der Waals surface area contributed by atoms with Crippen LogP contribution in [0, 0.1) is 19.8 Å². The van der Waals surface area contributed by atoms with E-state index in [9.17, 15) is 0 Å². The van der Waals surface area contributed by atoms with E-state index in [2.05, 4.69) is 32.0 Å². The average Bonchev–Trinajstić information content (AvgIpc) is 2.15. The van der Waals surface area contributed by atoms with Crippen LogP contribution < -0.4 is 5.73 Å². The van der Waals surface area contributed by atoms with Crippen molar-refractivity contribution in [3.63, 3.8) is 0 Å². The predicted molar refractivity (Wildman–Crippen MR) is 64.8 cm³/mol. The van der Waals surface area contributed by atoms with E-state index in [1.807, 2.05) is 0 Å². The fourth-order valence-corrected chi connectivity index (χ4v) is 2.37. The van der Waals surface area contributed by atoms with E-state index in [0.29, 0.717) is 0 Å². The maximum atomic E-state index is 6.28. The molecule has 0 bridgehead atoms. The summed E-state index contributed by atoms with van der Waals surface area (Å²) in [5.74, 6) is 0.889. The summed E-state index contributed by atoms with van der Waals surface area (Å²) in [6.07, 6.45) is 5.35. The van der Waals surface area contributed by atoms with Crippen molar-refractivity contribution in [1.29, 1.82) is 0 Å². The average molecular weight is 203 g/mol.